The lowest BCUT2D eigenvalue weighted by Crippen LogP contribution is -2.69. The van der Waals surface area contributed by atoms with Crippen molar-refractivity contribution < 1.29 is 33.5 Å². The summed E-state index contributed by atoms with van der Waals surface area (Å²) in [7, 11) is 0. The standard InChI is InChI=1S/C33H53N5O7/c1-21(39)34-29(5,6)23(40)35-31(9,10)25(42)38-33(13,20-19-22-17-15-14-16-18-22)26(43)37-30(7,8)24(41)36-32(11,12)27(44)45-28(2,3)4/h14-18H,19-20H2,1-13H3,(H,34,39)(H,35,40)(H,36,41)(H,37,43)(H,38,42)/t33-/m0/s1. The monoisotopic (exact) mass is 631 g/mol. The predicted octanol–water partition coefficient (Wildman–Crippen LogP) is 2.43. The van der Waals surface area contributed by atoms with E-state index < -0.39 is 68.8 Å². The maximum Gasteiger partial charge on any atom is 0.331 e. The van der Waals surface area contributed by atoms with Crippen molar-refractivity contribution >= 4 is 35.5 Å². The minimum absolute atomic E-state index is 0.150. The zero-order valence-corrected chi connectivity index (χ0v) is 29.2. The van der Waals surface area contributed by atoms with Crippen LogP contribution in [0.4, 0.5) is 0 Å². The van der Waals surface area contributed by atoms with Gasteiger partial charge < -0.3 is 31.3 Å². The number of amides is 5. The van der Waals surface area contributed by atoms with E-state index in [0.29, 0.717) is 6.42 Å². The van der Waals surface area contributed by atoms with E-state index in [1.165, 1.54) is 62.3 Å². The zero-order chi connectivity index (χ0) is 35.2. The summed E-state index contributed by atoms with van der Waals surface area (Å²) in [6.07, 6.45) is 0.558. The Balaban J connectivity index is 3.27. The number of ether oxygens (including phenoxy) is 1. The molecular weight excluding hydrogens is 578 g/mol. The number of nitrogens with one attached hydrogen (secondary N) is 5. The molecule has 0 bridgehead atoms. The SMILES string of the molecule is CC(=O)NC(C)(C)C(=O)NC(C)(C)C(=O)N[C@@](C)(CCc1ccccc1)C(=O)NC(C)(C)C(=O)NC(C)(C)C(=O)OC(C)(C)C. The third-order valence-electron chi connectivity index (χ3n) is 7.03. The molecule has 0 radical (unpaired) electrons. The number of rotatable bonds is 13. The number of hydrogen-bond donors (Lipinski definition) is 5. The van der Waals surface area contributed by atoms with Gasteiger partial charge in [-0.3, -0.25) is 24.0 Å². The molecule has 0 spiro atoms. The molecule has 5 amide bonds. The first kappa shape index (κ1) is 39.1. The first-order valence-electron chi connectivity index (χ1n) is 15.0. The molecule has 0 saturated heterocycles. The van der Waals surface area contributed by atoms with E-state index in [9.17, 15) is 28.8 Å². The average molecular weight is 632 g/mol. The van der Waals surface area contributed by atoms with Crippen LogP contribution in [0.1, 0.15) is 102 Å². The van der Waals surface area contributed by atoms with Gasteiger partial charge in [-0.15, -0.1) is 0 Å². The Morgan fingerprint density at radius 3 is 1.40 bits per heavy atom. The highest BCUT2D eigenvalue weighted by Gasteiger charge is 2.45. The molecule has 0 aromatic heterocycles. The van der Waals surface area contributed by atoms with Gasteiger partial charge in [0.25, 0.3) is 0 Å². The van der Waals surface area contributed by atoms with Crippen LogP contribution in [-0.4, -0.2) is 68.8 Å². The Hall–Kier alpha value is -3.96. The molecule has 0 aliphatic rings. The van der Waals surface area contributed by atoms with Crippen LogP contribution < -0.4 is 26.6 Å². The maximum atomic E-state index is 13.9. The highest BCUT2D eigenvalue weighted by molar-refractivity contribution is 6.00. The molecule has 1 aromatic rings. The highest BCUT2D eigenvalue weighted by Crippen LogP contribution is 2.21. The molecule has 0 aliphatic carbocycles. The second kappa shape index (κ2) is 14.0. The number of hydrogen-bond acceptors (Lipinski definition) is 7. The lowest BCUT2D eigenvalue weighted by atomic mass is 9.88. The second-order valence-corrected chi connectivity index (χ2v) is 14.8. The normalized spacial score (nSPS) is 13.9. The van der Waals surface area contributed by atoms with Crippen LogP contribution in [0.5, 0.6) is 0 Å². The minimum Gasteiger partial charge on any atom is -0.458 e. The van der Waals surface area contributed by atoms with Crippen molar-refractivity contribution in [2.24, 2.45) is 0 Å². The molecule has 252 valence electrons. The van der Waals surface area contributed by atoms with Crippen molar-refractivity contribution in [3.05, 3.63) is 35.9 Å². The molecule has 0 unspecified atom stereocenters. The van der Waals surface area contributed by atoms with E-state index in [0.717, 1.165) is 5.56 Å². The van der Waals surface area contributed by atoms with Crippen LogP contribution in [-0.2, 0) is 39.9 Å². The Bertz CT molecular complexity index is 1280. The van der Waals surface area contributed by atoms with Crippen LogP contribution in [0.25, 0.3) is 0 Å². The maximum absolute atomic E-state index is 13.9. The summed E-state index contributed by atoms with van der Waals surface area (Å²) in [5.74, 6) is -3.61. The number of carbonyl (C=O) groups is 6. The summed E-state index contributed by atoms with van der Waals surface area (Å²) in [6, 6.07) is 9.38. The van der Waals surface area contributed by atoms with Gasteiger partial charge in [0.05, 0.1) is 0 Å². The fourth-order valence-electron chi connectivity index (χ4n) is 4.05. The number of benzene rings is 1. The van der Waals surface area contributed by atoms with Gasteiger partial charge in [-0.25, -0.2) is 4.79 Å². The van der Waals surface area contributed by atoms with Crippen LogP contribution in [0.3, 0.4) is 0 Å². The van der Waals surface area contributed by atoms with Gasteiger partial charge >= 0.3 is 5.97 Å². The van der Waals surface area contributed by atoms with Gasteiger partial charge in [0.15, 0.2) is 0 Å². The molecule has 1 aromatic carbocycles. The molecule has 1 rings (SSSR count). The molecule has 1 atom stereocenters. The average Bonchev–Trinajstić information content (AvgIpc) is 2.85. The molecule has 0 heterocycles. The third-order valence-corrected chi connectivity index (χ3v) is 7.03. The van der Waals surface area contributed by atoms with Crippen LogP contribution in [0.15, 0.2) is 30.3 Å². The fourth-order valence-corrected chi connectivity index (χ4v) is 4.05. The van der Waals surface area contributed by atoms with Crippen molar-refractivity contribution in [3.8, 4) is 0 Å². The van der Waals surface area contributed by atoms with E-state index in [4.69, 9.17) is 4.74 Å². The lowest BCUT2D eigenvalue weighted by Gasteiger charge is -2.38. The predicted molar refractivity (Wildman–Crippen MR) is 172 cm³/mol. The summed E-state index contributed by atoms with van der Waals surface area (Å²) in [5, 5.41) is 13.4. The fraction of sp³-hybridized carbons (Fsp3) is 0.636. The zero-order valence-electron chi connectivity index (χ0n) is 29.2. The van der Waals surface area contributed by atoms with Crippen LogP contribution in [0, 0.1) is 0 Å². The summed E-state index contributed by atoms with van der Waals surface area (Å²) in [6.45, 7) is 19.9. The molecule has 45 heavy (non-hydrogen) atoms. The van der Waals surface area contributed by atoms with Crippen molar-refractivity contribution in [2.75, 3.05) is 0 Å². The summed E-state index contributed by atoms with van der Waals surface area (Å²) < 4.78 is 5.43. The first-order chi connectivity index (χ1) is 20.1. The van der Waals surface area contributed by atoms with Crippen molar-refractivity contribution in [1.29, 1.82) is 0 Å². The van der Waals surface area contributed by atoms with Gasteiger partial charge in [-0.1, -0.05) is 30.3 Å². The molecule has 0 aliphatic heterocycles. The van der Waals surface area contributed by atoms with Crippen molar-refractivity contribution in [1.82, 2.24) is 26.6 Å². The Morgan fingerprint density at radius 1 is 0.556 bits per heavy atom. The Kier molecular flexibility index (Phi) is 12.1. The van der Waals surface area contributed by atoms with E-state index in [1.54, 1.807) is 27.7 Å². The van der Waals surface area contributed by atoms with E-state index in [-0.39, 0.29) is 6.42 Å². The van der Waals surface area contributed by atoms with Crippen LogP contribution >= 0.6 is 0 Å². The molecular formula is C33H53N5O7. The van der Waals surface area contributed by atoms with Crippen molar-refractivity contribution in [2.45, 2.75) is 136 Å². The highest BCUT2D eigenvalue weighted by atomic mass is 16.6. The molecule has 0 fully saturated rings. The number of aryl methyl sites for hydroxylation is 1. The number of esters is 1. The van der Waals surface area contributed by atoms with E-state index in [2.05, 4.69) is 26.6 Å². The molecule has 12 nitrogen and oxygen atoms in total. The Morgan fingerprint density at radius 2 is 0.956 bits per heavy atom. The van der Waals surface area contributed by atoms with Gasteiger partial charge in [0.2, 0.25) is 29.5 Å². The third kappa shape index (κ3) is 11.8. The lowest BCUT2D eigenvalue weighted by molar-refractivity contribution is -0.163. The quantitative estimate of drug-likeness (QED) is 0.208. The first-order valence-corrected chi connectivity index (χ1v) is 15.0. The molecule has 12 heteroatoms. The number of carbonyl (C=O) groups excluding carboxylic acids is 6. The van der Waals surface area contributed by atoms with E-state index >= 15 is 0 Å². The molecule has 0 saturated carbocycles. The smallest absolute Gasteiger partial charge is 0.331 e. The van der Waals surface area contributed by atoms with Crippen molar-refractivity contribution in [3.63, 3.8) is 0 Å². The van der Waals surface area contributed by atoms with Gasteiger partial charge in [0, 0.05) is 6.92 Å². The van der Waals surface area contributed by atoms with Gasteiger partial charge in [-0.05, 0) is 101 Å². The van der Waals surface area contributed by atoms with Gasteiger partial charge in [0.1, 0.15) is 33.3 Å². The molecule has 5 N–H and O–H groups in total. The van der Waals surface area contributed by atoms with Crippen LogP contribution in [0.2, 0.25) is 0 Å². The minimum atomic E-state index is -1.54. The summed E-state index contributed by atoms with van der Waals surface area (Å²) in [5.41, 5.74) is -7.10. The summed E-state index contributed by atoms with van der Waals surface area (Å²) in [4.78, 5) is 78.2. The summed E-state index contributed by atoms with van der Waals surface area (Å²) >= 11 is 0. The largest absolute Gasteiger partial charge is 0.458 e. The topological polar surface area (TPSA) is 172 Å². The van der Waals surface area contributed by atoms with Gasteiger partial charge in [-0.2, -0.15) is 0 Å². The Labute approximate surface area is 267 Å². The second-order valence-electron chi connectivity index (χ2n) is 14.8. The van der Waals surface area contributed by atoms with E-state index in [1.807, 2.05) is 30.3 Å².